The predicted molar refractivity (Wildman–Crippen MR) is 76.6 cm³/mol. The SMILES string of the molecule is CC(C)(CNCBr)c1csc2ccccc12. The molecule has 3 heteroatoms. The number of hydrogen-bond donors (Lipinski definition) is 1. The molecule has 0 radical (unpaired) electrons. The fourth-order valence-corrected chi connectivity index (χ4v) is 3.31. The second kappa shape index (κ2) is 4.86. The standard InChI is InChI=1S/C13H16BrNS/c1-13(2,8-15-9-14)11-7-16-12-6-4-3-5-10(11)12/h3-7,15H,8-9H2,1-2H3. The molecule has 1 N–H and O–H groups in total. The largest absolute Gasteiger partial charge is 0.306 e. The van der Waals surface area contributed by atoms with Gasteiger partial charge in [-0.2, -0.15) is 0 Å². The normalized spacial score (nSPS) is 12.2. The third-order valence-corrected chi connectivity index (χ3v) is 4.23. The van der Waals surface area contributed by atoms with Crippen LogP contribution in [0.15, 0.2) is 29.6 Å². The van der Waals surface area contributed by atoms with Gasteiger partial charge in [0.05, 0.1) is 5.45 Å². The Bertz CT molecular complexity index is 475. The first kappa shape index (κ1) is 12.1. The lowest BCUT2D eigenvalue weighted by atomic mass is 9.84. The molecule has 0 aliphatic carbocycles. The number of halogens is 1. The molecule has 0 spiro atoms. The van der Waals surface area contributed by atoms with Crippen LogP contribution in [0.3, 0.4) is 0 Å². The van der Waals surface area contributed by atoms with Crippen molar-refractivity contribution < 1.29 is 0 Å². The van der Waals surface area contributed by atoms with Gasteiger partial charge in [0, 0.05) is 16.7 Å². The summed E-state index contributed by atoms with van der Waals surface area (Å²) < 4.78 is 1.38. The number of rotatable bonds is 4. The van der Waals surface area contributed by atoms with Crippen molar-refractivity contribution >= 4 is 37.4 Å². The molecule has 0 aliphatic heterocycles. The minimum atomic E-state index is 0.174. The summed E-state index contributed by atoms with van der Waals surface area (Å²) >= 11 is 5.24. The van der Waals surface area contributed by atoms with Crippen molar-refractivity contribution in [1.29, 1.82) is 0 Å². The quantitative estimate of drug-likeness (QED) is 0.661. The van der Waals surface area contributed by atoms with E-state index in [0.717, 1.165) is 12.0 Å². The van der Waals surface area contributed by atoms with Gasteiger partial charge < -0.3 is 5.32 Å². The van der Waals surface area contributed by atoms with Gasteiger partial charge in [0.25, 0.3) is 0 Å². The van der Waals surface area contributed by atoms with Gasteiger partial charge in [-0.1, -0.05) is 48.0 Å². The van der Waals surface area contributed by atoms with E-state index >= 15 is 0 Å². The van der Waals surface area contributed by atoms with Gasteiger partial charge in [-0.25, -0.2) is 0 Å². The monoisotopic (exact) mass is 297 g/mol. The lowest BCUT2D eigenvalue weighted by Gasteiger charge is -2.24. The molecule has 0 unspecified atom stereocenters. The van der Waals surface area contributed by atoms with Crippen molar-refractivity contribution in [3.05, 3.63) is 35.2 Å². The molecular formula is C13H16BrNS. The van der Waals surface area contributed by atoms with Crippen LogP contribution in [0.5, 0.6) is 0 Å². The Morgan fingerprint density at radius 2 is 2.06 bits per heavy atom. The number of thiophene rings is 1. The van der Waals surface area contributed by atoms with Crippen LogP contribution >= 0.6 is 27.3 Å². The van der Waals surface area contributed by atoms with Gasteiger partial charge in [0.2, 0.25) is 0 Å². The summed E-state index contributed by atoms with van der Waals surface area (Å²) in [6, 6.07) is 8.63. The van der Waals surface area contributed by atoms with Gasteiger partial charge in [0.15, 0.2) is 0 Å². The second-order valence-corrected chi connectivity index (χ2v) is 6.06. The van der Waals surface area contributed by atoms with Crippen LogP contribution in [-0.4, -0.2) is 12.0 Å². The topological polar surface area (TPSA) is 12.0 Å². The first-order valence-electron chi connectivity index (χ1n) is 5.38. The molecule has 0 saturated carbocycles. The van der Waals surface area contributed by atoms with Crippen molar-refractivity contribution in [3.63, 3.8) is 0 Å². The lowest BCUT2D eigenvalue weighted by molar-refractivity contribution is 0.496. The Morgan fingerprint density at radius 1 is 1.31 bits per heavy atom. The van der Waals surface area contributed by atoms with Crippen LogP contribution in [0, 0.1) is 0 Å². The maximum absolute atomic E-state index is 3.41. The average molecular weight is 298 g/mol. The molecule has 1 aromatic heterocycles. The van der Waals surface area contributed by atoms with E-state index in [9.17, 15) is 0 Å². The molecule has 1 heterocycles. The summed E-state index contributed by atoms with van der Waals surface area (Å²) in [7, 11) is 0. The molecule has 2 rings (SSSR count). The van der Waals surface area contributed by atoms with Crippen molar-refractivity contribution in [3.8, 4) is 0 Å². The highest BCUT2D eigenvalue weighted by Gasteiger charge is 2.23. The molecule has 1 aromatic carbocycles. The molecule has 0 amide bonds. The minimum absolute atomic E-state index is 0.174. The molecule has 1 nitrogen and oxygen atoms in total. The highest BCUT2D eigenvalue weighted by molar-refractivity contribution is 9.09. The van der Waals surface area contributed by atoms with E-state index in [1.165, 1.54) is 15.6 Å². The van der Waals surface area contributed by atoms with Crippen LogP contribution in [0.2, 0.25) is 0 Å². The summed E-state index contributed by atoms with van der Waals surface area (Å²) in [6.45, 7) is 5.56. The Kier molecular flexibility index (Phi) is 3.67. The molecule has 0 bridgehead atoms. The first-order chi connectivity index (χ1) is 7.65. The van der Waals surface area contributed by atoms with E-state index < -0.39 is 0 Å². The van der Waals surface area contributed by atoms with Crippen LogP contribution in [-0.2, 0) is 5.41 Å². The third kappa shape index (κ3) is 2.31. The zero-order chi connectivity index (χ0) is 11.6. The Hall–Kier alpha value is -0.380. The number of nitrogens with one attached hydrogen (secondary N) is 1. The summed E-state index contributed by atoms with van der Waals surface area (Å²) in [5.74, 6) is 0. The van der Waals surface area contributed by atoms with E-state index in [2.05, 4.69) is 64.7 Å². The molecular weight excluding hydrogens is 282 g/mol. The fourth-order valence-electron chi connectivity index (χ4n) is 1.96. The van der Waals surface area contributed by atoms with Crippen molar-refractivity contribution in [2.45, 2.75) is 19.3 Å². The van der Waals surface area contributed by atoms with Crippen LogP contribution in [0.1, 0.15) is 19.4 Å². The van der Waals surface area contributed by atoms with Crippen molar-refractivity contribution in [2.24, 2.45) is 0 Å². The summed E-state index contributed by atoms with van der Waals surface area (Å²) in [5, 5.41) is 7.05. The number of alkyl halides is 1. The molecule has 0 saturated heterocycles. The van der Waals surface area contributed by atoms with Crippen molar-refractivity contribution in [2.75, 3.05) is 12.0 Å². The lowest BCUT2D eigenvalue weighted by Crippen LogP contribution is -2.31. The molecule has 0 fully saturated rings. The van der Waals surface area contributed by atoms with Gasteiger partial charge in [-0.15, -0.1) is 11.3 Å². The van der Waals surface area contributed by atoms with Crippen LogP contribution in [0.25, 0.3) is 10.1 Å². The zero-order valence-corrected chi connectivity index (χ0v) is 12.0. The van der Waals surface area contributed by atoms with Gasteiger partial charge in [-0.05, 0) is 22.4 Å². The van der Waals surface area contributed by atoms with E-state index in [4.69, 9.17) is 0 Å². The van der Waals surface area contributed by atoms with Crippen LogP contribution in [0.4, 0.5) is 0 Å². The molecule has 16 heavy (non-hydrogen) atoms. The smallest absolute Gasteiger partial charge is 0.0517 e. The van der Waals surface area contributed by atoms with E-state index in [-0.39, 0.29) is 5.41 Å². The van der Waals surface area contributed by atoms with E-state index in [1.807, 2.05) is 11.3 Å². The number of fused-ring (bicyclic) bond motifs is 1. The number of hydrogen-bond acceptors (Lipinski definition) is 2. The molecule has 0 atom stereocenters. The molecule has 0 aliphatic rings. The average Bonchev–Trinajstić information content (AvgIpc) is 2.71. The summed E-state index contributed by atoms with van der Waals surface area (Å²) in [6.07, 6.45) is 0. The maximum atomic E-state index is 3.41. The third-order valence-electron chi connectivity index (χ3n) is 2.87. The van der Waals surface area contributed by atoms with Crippen molar-refractivity contribution in [1.82, 2.24) is 5.32 Å². The predicted octanol–water partition coefficient (Wildman–Crippen LogP) is 4.12. The van der Waals surface area contributed by atoms with E-state index in [0.29, 0.717) is 0 Å². The first-order valence-corrected chi connectivity index (χ1v) is 7.38. The molecule has 2 aromatic rings. The maximum Gasteiger partial charge on any atom is 0.0517 e. The Labute approximate surface area is 109 Å². The fraction of sp³-hybridized carbons (Fsp3) is 0.385. The Morgan fingerprint density at radius 3 is 2.81 bits per heavy atom. The summed E-state index contributed by atoms with van der Waals surface area (Å²) in [4.78, 5) is 0. The van der Waals surface area contributed by atoms with E-state index in [1.54, 1.807) is 0 Å². The van der Waals surface area contributed by atoms with Crippen LogP contribution < -0.4 is 5.32 Å². The number of benzene rings is 1. The molecule has 86 valence electrons. The van der Waals surface area contributed by atoms with Gasteiger partial charge in [0.1, 0.15) is 0 Å². The van der Waals surface area contributed by atoms with Gasteiger partial charge in [-0.3, -0.25) is 0 Å². The highest BCUT2D eigenvalue weighted by Crippen LogP contribution is 2.34. The highest BCUT2D eigenvalue weighted by atomic mass is 79.9. The zero-order valence-electron chi connectivity index (χ0n) is 9.59. The Balaban J connectivity index is 2.38. The summed E-state index contributed by atoms with van der Waals surface area (Å²) in [5.41, 5.74) is 2.47. The van der Waals surface area contributed by atoms with Gasteiger partial charge >= 0.3 is 0 Å². The minimum Gasteiger partial charge on any atom is -0.306 e. The second-order valence-electron chi connectivity index (χ2n) is 4.59.